The topological polar surface area (TPSA) is 50.3 Å². The van der Waals surface area contributed by atoms with Gasteiger partial charge in [-0.05, 0) is 40.6 Å². The van der Waals surface area contributed by atoms with Crippen LogP contribution in [0.4, 0.5) is 0 Å². The van der Waals surface area contributed by atoms with E-state index in [-0.39, 0.29) is 0 Å². The number of hydrogen-bond acceptors (Lipinski definition) is 5. The summed E-state index contributed by atoms with van der Waals surface area (Å²) in [5.41, 5.74) is 1.90. The van der Waals surface area contributed by atoms with Crippen molar-refractivity contribution in [1.29, 1.82) is 0 Å². The van der Waals surface area contributed by atoms with Crippen LogP contribution in [0.25, 0.3) is 0 Å². The summed E-state index contributed by atoms with van der Waals surface area (Å²) in [5.74, 6) is 0. The predicted octanol–water partition coefficient (Wildman–Crippen LogP) is 0.835. The molecular weight excluding hydrogens is 216 g/mol. The largest absolute Gasteiger partial charge is 0.463 e. The maximum absolute atomic E-state index is 5.55. The summed E-state index contributed by atoms with van der Waals surface area (Å²) in [6.07, 6.45) is 0.978. The van der Waals surface area contributed by atoms with Crippen LogP contribution in [0.15, 0.2) is 6.07 Å². The van der Waals surface area contributed by atoms with Crippen molar-refractivity contribution in [2.75, 3.05) is 34.3 Å². The number of hydrogen-bond donors (Lipinski definition) is 1. The Morgan fingerprint density at radius 3 is 2.76 bits per heavy atom. The highest BCUT2D eigenvalue weighted by Crippen LogP contribution is 2.07. The van der Waals surface area contributed by atoms with Crippen molar-refractivity contribution in [2.24, 2.45) is 0 Å². The first-order valence-electron chi connectivity index (χ1n) is 5.88. The molecule has 0 spiro atoms. The van der Waals surface area contributed by atoms with Crippen molar-refractivity contribution in [1.82, 2.24) is 20.2 Å². The Balaban J connectivity index is 2.46. The number of rotatable bonds is 7. The molecule has 1 rings (SSSR count). The lowest BCUT2D eigenvalue weighted by atomic mass is 10.3. The van der Waals surface area contributed by atoms with Crippen LogP contribution in [-0.2, 0) is 6.54 Å². The molecule has 5 nitrogen and oxygen atoms in total. The Morgan fingerprint density at radius 2 is 2.12 bits per heavy atom. The van der Waals surface area contributed by atoms with Crippen LogP contribution in [0.3, 0.4) is 0 Å². The van der Waals surface area contributed by atoms with E-state index in [9.17, 15) is 0 Å². The number of aromatic nitrogens is 2. The third kappa shape index (κ3) is 5.60. The summed E-state index contributed by atoms with van der Waals surface area (Å²) in [4.78, 5) is 10.7. The molecule has 0 aliphatic heterocycles. The molecule has 0 amide bonds. The molecule has 5 heteroatoms. The lowest BCUT2D eigenvalue weighted by Gasteiger charge is -2.10. The number of nitrogens with zero attached hydrogens (tertiary/aromatic N) is 3. The molecule has 0 radical (unpaired) electrons. The smallest absolute Gasteiger partial charge is 0.316 e. The minimum atomic E-state index is 0.481. The Labute approximate surface area is 103 Å². The zero-order valence-corrected chi connectivity index (χ0v) is 11.2. The van der Waals surface area contributed by atoms with Gasteiger partial charge in [0.1, 0.15) is 0 Å². The van der Waals surface area contributed by atoms with Crippen LogP contribution in [0, 0.1) is 6.92 Å². The normalized spacial score (nSPS) is 10.9. The molecule has 0 aliphatic rings. The summed E-state index contributed by atoms with van der Waals surface area (Å²) in [6.45, 7) is 4.35. The quantitative estimate of drug-likeness (QED) is 0.713. The van der Waals surface area contributed by atoms with E-state index in [1.54, 1.807) is 0 Å². The van der Waals surface area contributed by atoms with Crippen molar-refractivity contribution in [2.45, 2.75) is 19.9 Å². The SMILES string of the molecule is CNCc1cc(C)nc(OCCCN(C)C)n1. The van der Waals surface area contributed by atoms with Crippen molar-refractivity contribution in [3.05, 3.63) is 17.5 Å². The summed E-state index contributed by atoms with van der Waals surface area (Å²) in [6, 6.07) is 2.44. The molecule has 17 heavy (non-hydrogen) atoms. The van der Waals surface area contributed by atoms with Gasteiger partial charge in [0, 0.05) is 18.8 Å². The molecule has 1 heterocycles. The van der Waals surface area contributed by atoms with Gasteiger partial charge in [0.2, 0.25) is 0 Å². The fourth-order valence-electron chi connectivity index (χ4n) is 1.48. The Morgan fingerprint density at radius 1 is 1.35 bits per heavy atom. The zero-order valence-electron chi connectivity index (χ0n) is 11.2. The van der Waals surface area contributed by atoms with Crippen molar-refractivity contribution < 1.29 is 4.74 Å². The highest BCUT2D eigenvalue weighted by atomic mass is 16.5. The Kier molecular flexibility index (Phi) is 5.86. The van der Waals surface area contributed by atoms with E-state index in [0.717, 1.165) is 30.9 Å². The molecule has 1 N–H and O–H groups in total. The minimum Gasteiger partial charge on any atom is -0.463 e. The van der Waals surface area contributed by atoms with Gasteiger partial charge in [-0.3, -0.25) is 0 Å². The molecular formula is C12H22N4O. The molecule has 0 atom stereocenters. The van der Waals surface area contributed by atoms with E-state index in [2.05, 4.69) is 20.2 Å². The van der Waals surface area contributed by atoms with Gasteiger partial charge < -0.3 is 15.0 Å². The van der Waals surface area contributed by atoms with E-state index in [0.29, 0.717) is 12.6 Å². The van der Waals surface area contributed by atoms with Gasteiger partial charge in [-0.1, -0.05) is 0 Å². The monoisotopic (exact) mass is 238 g/mol. The first-order chi connectivity index (χ1) is 8.11. The van der Waals surface area contributed by atoms with E-state index >= 15 is 0 Å². The minimum absolute atomic E-state index is 0.481. The van der Waals surface area contributed by atoms with Crippen molar-refractivity contribution in [3.8, 4) is 6.01 Å². The summed E-state index contributed by atoms with van der Waals surface area (Å²) in [5, 5.41) is 3.07. The first-order valence-corrected chi connectivity index (χ1v) is 5.88. The van der Waals surface area contributed by atoms with Gasteiger partial charge in [0.15, 0.2) is 0 Å². The first kappa shape index (κ1) is 13.9. The molecule has 1 aromatic heterocycles. The van der Waals surface area contributed by atoms with Crippen LogP contribution >= 0.6 is 0 Å². The van der Waals surface area contributed by atoms with Crippen molar-refractivity contribution in [3.63, 3.8) is 0 Å². The second-order valence-corrected chi connectivity index (χ2v) is 4.32. The number of aryl methyl sites for hydroxylation is 1. The average Bonchev–Trinajstić information content (AvgIpc) is 2.24. The molecule has 0 aliphatic carbocycles. The van der Waals surface area contributed by atoms with E-state index in [4.69, 9.17) is 4.74 Å². The van der Waals surface area contributed by atoms with Gasteiger partial charge in [0.05, 0.1) is 12.3 Å². The van der Waals surface area contributed by atoms with Gasteiger partial charge in [0.25, 0.3) is 0 Å². The van der Waals surface area contributed by atoms with Gasteiger partial charge >= 0.3 is 6.01 Å². The second-order valence-electron chi connectivity index (χ2n) is 4.32. The van der Waals surface area contributed by atoms with Gasteiger partial charge in [-0.15, -0.1) is 0 Å². The maximum Gasteiger partial charge on any atom is 0.316 e. The third-order valence-electron chi connectivity index (χ3n) is 2.23. The Bertz CT molecular complexity index is 341. The zero-order chi connectivity index (χ0) is 12.7. The molecule has 0 unspecified atom stereocenters. The summed E-state index contributed by atoms with van der Waals surface area (Å²) in [7, 11) is 6.00. The summed E-state index contributed by atoms with van der Waals surface area (Å²) >= 11 is 0. The average molecular weight is 238 g/mol. The highest BCUT2D eigenvalue weighted by molar-refractivity contribution is 5.12. The van der Waals surface area contributed by atoms with E-state index < -0.39 is 0 Å². The molecule has 0 aromatic carbocycles. The molecule has 0 fully saturated rings. The lowest BCUT2D eigenvalue weighted by Crippen LogP contribution is -2.16. The molecule has 96 valence electrons. The van der Waals surface area contributed by atoms with Crippen molar-refractivity contribution >= 4 is 0 Å². The lowest BCUT2D eigenvalue weighted by molar-refractivity contribution is 0.262. The second kappa shape index (κ2) is 7.19. The molecule has 0 saturated heterocycles. The Hall–Kier alpha value is -1.20. The number of ether oxygens (including phenoxy) is 1. The van der Waals surface area contributed by atoms with E-state index in [1.165, 1.54) is 0 Å². The fraction of sp³-hybridized carbons (Fsp3) is 0.667. The molecule has 1 aromatic rings. The summed E-state index contributed by atoms with van der Waals surface area (Å²) < 4.78 is 5.55. The van der Waals surface area contributed by atoms with Gasteiger partial charge in [-0.2, -0.15) is 4.98 Å². The standard InChI is InChI=1S/C12H22N4O/c1-10-8-11(9-13-2)15-12(14-10)17-7-5-6-16(3)4/h8,13H,5-7,9H2,1-4H3. The third-order valence-corrected chi connectivity index (χ3v) is 2.23. The molecule has 0 saturated carbocycles. The fourth-order valence-corrected chi connectivity index (χ4v) is 1.48. The number of nitrogens with one attached hydrogen (secondary N) is 1. The van der Waals surface area contributed by atoms with Crippen LogP contribution in [0.1, 0.15) is 17.8 Å². The van der Waals surface area contributed by atoms with Crippen LogP contribution in [-0.4, -0.2) is 49.2 Å². The van der Waals surface area contributed by atoms with Gasteiger partial charge in [-0.25, -0.2) is 4.98 Å². The van der Waals surface area contributed by atoms with Crippen LogP contribution in [0.2, 0.25) is 0 Å². The maximum atomic E-state index is 5.55. The van der Waals surface area contributed by atoms with E-state index in [1.807, 2.05) is 34.1 Å². The van der Waals surface area contributed by atoms with Crippen LogP contribution in [0.5, 0.6) is 6.01 Å². The predicted molar refractivity (Wildman–Crippen MR) is 68.2 cm³/mol. The highest BCUT2D eigenvalue weighted by Gasteiger charge is 2.02. The van der Waals surface area contributed by atoms with Crippen LogP contribution < -0.4 is 10.1 Å². The molecule has 0 bridgehead atoms.